The first-order valence-electron chi connectivity index (χ1n) is 11.0. The Morgan fingerprint density at radius 2 is 1.94 bits per heavy atom. The van der Waals surface area contributed by atoms with Gasteiger partial charge in [0.25, 0.3) is 5.91 Å². The van der Waals surface area contributed by atoms with Gasteiger partial charge < -0.3 is 19.8 Å². The van der Waals surface area contributed by atoms with Crippen LogP contribution in [-0.2, 0) is 16.6 Å². The van der Waals surface area contributed by atoms with E-state index < -0.39 is 6.10 Å². The molecule has 1 aromatic heterocycles. The normalized spacial score (nSPS) is 23.8. The highest BCUT2D eigenvalue weighted by Crippen LogP contribution is 2.39. The number of hydrogen-bond acceptors (Lipinski definition) is 5. The Labute approximate surface area is 183 Å². The van der Waals surface area contributed by atoms with Crippen LogP contribution in [-0.4, -0.2) is 52.7 Å². The number of amides is 2. The van der Waals surface area contributed by atoms with E-state index in [0.717, 1.165) is 18.4 Å². The molecule has 31 heavy (non-hydrogen) atoms. The highest BCUT2D eigenvalue weighted by Gasteiger charge is 2.40. The first-order valence-corrected chi connectivity index (χ1v) is 11.0. The number of nitrogens with zero attached hydrogens (tertiary/aromatic N) is 2. The van der Waals surface area contributed by atoms with E-state index in [0.29, 0.717) is 42.8 Å². The van der Waals surface area contributed by atoms with E-state index in [1.54, 1.807) is 18.9 Å². The molecule has 1 fully saturated rings. The molecule has 1 aromatic carbocycles. The van der Waals surface area contributed by atoms with Crippen molar-refractivity contribution in [2.24, 2.45) is 0 Å². The summed E-state index contributed by atoms with van der Waals surface area (Å²) in [5, 5.41) is 18.0. The van der Waals surface area contributed by atoms with Crippen LogP contribution in [0.25, 0.3) is 0 Å². The first kappa shape index (κ1) is 23.0. The van der Waals surface area contributed by atoms with Gasteiger partial charge in [0.2, 0.25) is 5.91 Å². The largest absolute Gasteiger partial charge is 0.391 e. The van der Waals surface area contributed by atoms with E-state index in [9.17, 15) is 14.7 Å². The SMILES string of the molecule is CCc1noc(C)c1C(=O)N(C)[C@H]1CC[C@@](CNC(C)=O)(c2ccccc2)CC[C@@H]1O. The molecule has 2 N–H and O–H groups in total. The van der Waals surface area contributed by atoms with E-state index >= 15 is 0 Å². The standard InChI is InChI=1S/C24H33N3O4/c1-5-19-22(16(2)31-26-19)23(30)27(4)20-11-13-24(14-12-21(20)29,15-25-17(3)28)18-9-7-6-8-10-18/h6-10,20-21,29H,5,11-15H2,1-4H3,(H,25,28)/t20-,21-,24+/m0/s1. The molecule has 1 heterocycles. The summed E-state index contributed by atoms with van der Waals surface area (Å²) < 4.78 is 5.24. The van der Waals surface area contributed by atoms with Gasteiger partial charge >= 0.3 is 0 Å². The van der Waals surface area contributed by atoms with Crippen molar-refractivity contribution >= 4 is 11.8 Å². The van der Waals surface area contributed by atoms with Crippen molar-refractivity contribution in [3.63, 3.8) is 0 Å². The van der Waals surface area contributed by atoms with Gasteiger partial charge in [-0.2, -0.15) is 0 Å². The maximum Gasteiger partial charge on any atom is 0.259 e. The van der Waals surface area contributed by atoms with Crippen LogP contribution in [0.2, 0.25) is 0 Å². The van der Waals surface area contributed by atoms with Crippen molar-refractivity contribution in [2.75, 3.05) is 13.6 Å². The fourth-order valence-electron chi connectivity index (χ4n) is 4.72. The van der Waals surface area contributed by atoms with Gasteiger partial charge in [0, 0.05) is 25.9 Å². The van der Waals surface area contributed by atoms with Gasteiger partial charge in [-0.3, -0.25) is 9.59 Å². The van der Waals surface area contributed by atoms with Crippen molar-refractivity contribution < 1.29 is 19.2 Å². The summed E-state index contributed by atoms with van der Waals surface area (Å²) in [6.07, 6.45) is 2.60. The van der Waals surface area contributed by atoms with Gasteiger partial charge in [0.05, 0.1) is 17.8 Å². The number of aliphatic hydroxyl groups excluding tert-OH is 1. The predicted molar refractivity (Wildman–Crippen MR) is 118 cm³/mol. The number of aryl methyl sites for hydroxylation is 2. The van der Waals surface area contributed by atoms with E-state index in [1.165, 1.54) is 6.92 Å². The molecule has 0 aliphatic heterocycles. The number of benzene rings is 1. The Morgan fingerprint density at radius 1 is 1.26 bits per heavy atom. The van der Waals surface area contributed by atoms with Gasteiger partial charge in [0.15, 0.2) is 0 Å². The van der Waals surface area contributed by atoms with E-state index in [-0.39, 0.29) is 23.3 Å². The van der Waals surface area contributed by atoms with Crippen molar-refractivity contribution in [3.8, 4) is 0 Å². The highest BCUT2D eigenvalue weighted by atomic mass is 16.5. The predicted octanol–water partition coefficient (Wildman–Crippen LogP) is 3.00. The number of carbonyl (C=O) groups is 2. The number of hydrogen-bond donors (Lipinski definition) is 2. The lowest BCUT2D eigenvalue weighted by atomic mass is 9.74. The zero-order valence-corrected chi connectivity index (χ0v) is 18.9. The molecule has 0 unspecified atom stereocenters. The molecule has 3 atom stereocenters. The Kier molecular flexibility index (Phi) is 7.15. The van der Waals surface area contributed by atoms with Crippen LogP contribution >= 0.6 is 0 Å². The van der Waals surface area contributed by atoms with Crippen molar-refractivity contribution in [2.45, 2.75) is 70.4 Å². The summed E-state index contributed by atoms with van der Waals surface area (Å²) in [4.78, 5) is 26.6. The maximum absolute atomic E-state index is 13.3. The van der Waals surface area contributed by atoms with Crippen LogP contribution in [0.3, 0.4) is 0 Å². The molecule has 1 saturated carbocycles. The van der Waals surface area contributed by atoms with Crippen LogP contribution in [0.1, 0.15) is 66.9 Å². The van der Waals surface area contributed by atoms with Crippen LogP contribution in [0, 0.1) is 6.92 Å². The summed E-state index contributed by atoms with van der Waals surface area (Å²) in [6, 6.07) is 9.81. The fraction of sp³-hybridized carbons (Fsp3) is 0.542. The maximum atomic E-state index is 13.3. The molecule has 2 amide bonds. The van der Waals surface area contributed by atoms with E-state index in [2.05, 4.69) is 22.6 Å². The average Bonchev–Trinajstić information content (AvgIpc) is 3.06. The molecule has 1 aliphatic carbocycles. The van der Waals surface area contributed by atoms with Crippen molar-refractivity contribution in [1.29, 1.82) is 0 Å². The quantitative estimate of drug-likeness (QED) is 0.691. The van der Waals surface area contributed by atoms with Crippen LogP contribution in [0.5, 0.6) is 0 Å². The Morgan fingerprint density at radius 3 is 2.58 bits per heavy atom. The number of likely N-dealkylation sites (N-methyl/N-ethyl adjacent to an activating group) is 1. The van der Waals surface area contributed by atoms with Crippen molar-refractivity contribution in [1.82, 2.24) is 15.4 Å². The minimum atomic E-state index is -0.651. The lowest BCUT2D eigenvalue weighted by Crippen LogP contribution is -2.44. The number of carbonyl (C=O) groups excluding carboxylic acids is 2. The Hall–Kier alpha value is -2.67. The van der Waals surface area contributed by atoms with Gasteiger partial charge in [-0.1, -0.05) is 42.4 Å². The number of aliphatic hydroxyl groups is 1. The molecule has 3 rings (SSSR count). The van der Waals surface area contributed by atoms with Crippen molar-refractivity contribution in [3.05, 3.63) is 52.9 Å². The zero-order chi connectivity index (χ0) is 22.6. The molecule has 0 radical (unpaired) electrons. The molecule has 7 heteroatoms. The monoisotopic (exact) mass is 427 g/mol. The third-order valence-electron chi connectivity index (χ3n) is 6.64. The zero-order valence-electron chi connectivity index (χ0n) is 18.9. The third-order valence-corrected chi connectivity index (χ3v) is 6.64. The summed E-state index contributed by atoms with van der Waals surface area (Å²) in [6.45, 7) is 5.70. The second kappa shape index (κ2) is 9.64. The van der Waals surface area contributed by atoms with Crippen LogP contribution in [0.15, 0.2) is 34.9 Å². The Bertz CT molecular complexity index is 911. The fourth-order valence-corrected chi connectivity index (χ4v) is 4.72. The lowest BCUT2D eigenvalue weighted by Gasteiger charge is -2.34. The summed E-state index contributed by atoms with van der Waals surface area (Å²) in [5.41, 5.74) is 2.00. The summed E-state index contributed by atoms with van der Waals surface area (Å²) in [5.74, 6) is 0.258. The molecular weight excluding hydrogens is 394 g/mol. The number of aromatic nitrogens is 1. The van der Waals surface area contributed by atoms with Gasteiger partial charge in [-0.25, -0.2) is 0 Å². The Balaban J connectivity index is 1.86. The molecule has 0 saturated heterocycles. The van der Waals surface area contributed by atoms with Gasteiger partial charge in [-0.15, -0.1) is 0 Å². The van der Waals surface area contributed by atoms with Gasteiger partial charge in [0.1, 0.15) is 11.3 Å². The van der Waals surface area contributed by atoms with Crippen LogP contribution < -0.4 is 5.32 Å². The number of nitrogens with one attached hydrogen (secondary N) is 1. The summed E-state index contributed by atoms with van der Waals surface area (Å²) in [7, 11) is 1.74. The minimum absolute atomic E-state index is 0.0704. The van der Waals surface area contributed by atoms with Crippen LogP contribution in [0.4, 0.5) is 0 Å². The minimum Gasteiger partial charge on any atom is -0.391 e. The molecule has 7 nitrogen and oxygen atoms in total. The summed E-state index contributed by atoms with van der Waals surface area (Å²) >= 11 is 0. The highest BCUT2D eigenvalue weighted by molar-refractivity contribution is 5.96. The third kappa shape index (κ3) is 4.82. The number of rotatable bonds is 6. The molecule has 1 aliphatic rings. The van der Waals surface area contributed by atoms with E-state index in [4.69, 9.17) is 4.52 Å². The van der Waals surface area contributed by atoms with Gasteiger partial charge in [-0.05, 0) is 44.6 Å². The molecular formula is C24H33N3O4. The second-order valence-electron chi connectivity index (χ2n) is 8.60. The van der Waals surface area contributed by atoms with E-state index in [1.807, 2.05) is 25.1 Å². The second-order valence-corrected chi connectivity index (χ2v) is 8.60. The first-order chi connectivity index (χ1) is 14.8. The molecule has 0 spiro atoms. The molecule has 168 valence electrons. The molecule has 0 bridgehead atoms. The smallest absolute Gasteiger partial charge is 0.259 e. The lowest BCUT2D eigenvalue weighted by molar-refractivity contribution is -0.119. The molecule has 2 aromatic rings. The average molecular weight is 428 g/mol. The topological polar surface area (TPSA) is 95.7 Å².